The molecule has 28 heavy (non-hydrogen) atoms. The third-order valence-electron chi connectivity index (χ3n) is 4.87. The highest BCUT2D eigenvalue weighted by atomic mass is 32.2. The first-order valence-corrected chi connectivity index (χ1v) is 12.3. The topological polar surface area (TPSA) is 107 Å². The predicted octanol–water partition coefficient (Wildman–Crippen LogP) is 2.40. The molecule has 0 saturated heterocycles. The third-order valence-corrected chi connectivity index (χ3v) is 5.66. The molecule has 1 atom stereocenters. The summed E-state index contributed by atoms with van der Waals surface area (Å²) in [6.45, 7) is 3.65. The van der Waals surface area contributed by atoms with Crippen LogP contribution in [-0.2, 0) is 14.9 Å². The van der Waals surface area contributed by atoms with Crippen molar-refractivity contribution in [1.29, 1.82) is 0 Å². The van der Waals surface area contributed by atoms with Crippen LogP contribution in [0, 0.1) is 0 Å². The minimum atomic E-state index is -4.42. The number of amides is 1. The van der Waals surface area contributed by atoms with Gasteiger partial charge in [-0.3, -0.25) is 4.79 Å². The largest absolute Gasteiger partial charge is 0.748 e. The van der Waals surface area contributed by atoms with Crippen LogP contribution in [0.1, 0.15) is 77.6 Å². The van der Waals surface area contributed by atoms with Gasteiger partial charge < -0.3 is 19.5 Å². The van der Waals surface area contributed by atoms with Gasteiger partial charge in [0.15, 0.2) is 0 Å². The number of carbonyl (C=O) groups excluding carboxylic acids is 1. The molecular formula is C20H42N2O5S. The van der Waals surface area contributed by atoms with E-state index in [1.807, 2.05) is 14.1 Å². The van der Waals surface area contributed by atoms with Crippen molar-refractivity contribution < 1.29 is 27.4 Å². The number of quaternary nitrogens is 1. The average Bonchev–Trinajstić information content (AvgIpc) is 2.55. The fourth-order valence-electron chi connectivity index (χ4n) is 3.37. The fourth-order valence-corrected chi connectivity index (χ4v) is 3.95. The van der Waals surface area contributed by atoms with Crippen LogP contribution >= 0.6 is 0 Å². The summed E-state index contributed by atoms with van der Waals surface area (Å²) in [5.41, 5.74) is 0. The molecule has 7 nitrogen and oxygen atoms in total. The van der Waals surface area contributed by atoms with E-state index in [1.165, 1.54) is 44.9 Å². The van der Waals surface area contributed by atoms with Gasteiger partial charge >= 0.3 is 0 Å². The zero-order chi connectivity index (χ0) is 21.5. The van der Waals surface area contributed by atoms with Crippen molar-refractivity contribution in [1.82, 2.24) is 5.32 Å². The summed E-state index contributed by atoms with van der Waals surface area (Å²) in [4.78, 5) is 11.9. The summed E-state index contributed by atoms with van der Waals surface area (Å²) in [5.74, 6) is -0.685. The number of likely N-dealkylation sites (N-methyl/N-ethyl adjacent to an activating group) is 1. The molecule has 0 aromatic carbocycles. The van der Waals surface area contributed by atoms with Crippen molar-refractivity contribution in [2.45, 2.75) is 83.7 Å². The summed E-state index contributed by atoms with van der Waals surface area (Å²) in [7, 11) is -0.688. The van der Waals surface area contributed by atoms with Crippen LogP contribution in [0.15, 0.2) is 0 Å². The van der Waals surface area contributed by atoms with Gasteiger partial charge in [0, 0.05) is 19.4 Å². The van der Waals surface area contributed by atoms with Gasteiger partial charge in [-0.2, -0.15) is 0 Å². The molecule has 0 aromatic rings. The van der Waals surface area contributed by atoms with E-state index < -0.39 is 22.0 Å². The van der Waals surface area contributed by atoms with Gasteiger partial charge in [0.1, 0.15) is 12.6 Å². The Bertz CT molecular complexity index is 509. The van der Waals surface area contributed by atoms with E-state index in [9.17, 15) is 22.9 Å². The van der Waals surface area contributed by atoms with Gasteiger partial charge in [0.05, 0.1) is 36.5 Å². The monoisotopic (exact) mass is 422 g/mol. The maximum Gasteiger partial charge on any atom is 0.219 e. The van der Waals surface area contributed by atoms with Gasteiger partial charge in [-0.1, -0.05) is 58.3 Å². The normalized spacial score (nSPS) is 13.5. The molecule has 0 aliphatic carbocycles. The van der Waals surface area contributed by atoms with Crippen molar-refractivity contribution in [2.75, 3.05) is 39.5 Å². The Labute approximate surface area is 172 Å². The van der Waals surface area contributed by atoms with Gasteiger partial charge in [-0.05, 0) is 6.42 Å². The number of carbonyl (C=O) groups is 1. The summed E-state index contributed by atoms with van der Waals surface area (Å²) in [5, 5.41) is 12.6. The van der Waals surface area contributed by atoms with Crippen LogP contribution in [-0.4, -0.2) is 74.1 Å². The highest BCUT2D eigenvalue weighted by Gasteiger charge is 2.21. The van der Waals surface area contributed by atoms with Crippen LogP contribution < -0.4 is 5.32 Å². The minimum Gasteiger partial charge on any atom is -0.748 e. The van der Waals surface area contributed by atoms with E-state index in [-0.39, 0.29) is 12.5 Å². The van der Waals surface area contributed by atoms with Crippen LogP contribution in [0.25, 0.3) is 0 Å². The first-order chi connectivity index (χ1) is 13.1. The number of hydrogen-bond acceptors (Lipinski definition) is 5. The molecule has 0 aliphatic rings. The zero-order valence-corrected chi connectivity index (χ0v) is 18.9. The summed E-state index contributed by atoms with van der Waals surface area (Å²) >= 11 is 0. The Morgan fingerprint density at radius 2 is 1.54 bits per heavy atom. The lowest BCUT2D eigenvalue weighted by molar-refractivity contribution is -0.893. The third kappa shape index (κ3) is 18.7. The second-order valence-corrected chi connectivity index (χ2v) is 9.95. The molecule has 0 bridgehead atoms. The summed E-state index contributed by atoms with van der Waals surface area (Å²) < 4.78 is 32.5. The molecule has 1 amide bonds. The van der Waals surface area contributed by atoms with E-state index in [1.54, 1.807) is 0 Å². The summed E-state index contributed by atoms with van der Waals surface area (Å²) in [6, 6.07) is 0. The van der Waals surface area contributed by atoms with Crippen molar-refractivity contribution in [3.05, 3.63) is 0 Å². The van der Waals surface area contributed by atoms with Crippen LogP contribution in [0.3, 0.4) is 0 Å². The van der Waals surface area contributed by atoms with E-state index in [4.69, 9.17) is 0 Å². The molecule has 0 aromatic heterocycles. The second-order valence-electron chi connectivity index (χ2n) is 8.50. The number of aliphatic hydroxyl groups excluding tert-OH is 1. The Morgan fingerprint density at radius 1 is 1.00 bits per heavy atom. The smallest absolute Gasteiger partial charge is 0.219 e. The first-order valence-electron chi connectivity index (χ1n) is 10.8. The molecule has 0 aliphatic heterocycles. The van der Waals surface area contributed by atoms with Crippen molar-refractivity contribution in [3.8, 4) is 0 Å². The van der Waals surface area contributed by atoms with Gasteiger partial charge in [0.25, 0.3) is 0 Å². The van der Waals surface area contributed by atoms with E-state index >= 15 is 0 Å². The number of rotatable bonds is 18. The highest BCUT2D eigenvalue weighted by molar-refractivity contribution is 7.85. The lowest BCUT2D eigenvalue weighted by atomic mass is 10.1. The van der Waals surface area contributed by atoms with E-state index in [2.05, 4.69) is 12.2 Å². The van der Waals surface area contributed by atoms with Gasteiger partial charge in [0.2, 0.25) is 5.91 Å². The Hall–Kier alpha value is -0.700. The molecule has 0 rings (SSSR count). The number of aliphatic hydroxyl groups is 1. The molecule has 1 unspecified atom stereocenters. The zero-order valence-electron chi connectivity index (χ0n) is 18.1. The van der Waals surface area contributed by atoms with Crippen LogP contribution in [0.2, 0.25) is 0 Å². The quantitative estimate of drug-likeness (QED) is 0.200. The first kappa shape index (κ1) is 27.3. The van der Waals surface area contributed by atoms with Crippen molar-refractivity contribution in [3.63, 3.8) is 0 Å². The van der Waals surface area contributed by atoms with Gasteiger partial charge in [-0.25, -0.2) is 8.42 Å². The molecule has 2 N–H and O–H groups in total. The molecule has 0 heterocycles. The molecular weight excluding hydrogens is 380 g/mol. The highest BCUT2D eigenvalue weighted by Crippen LogP contribution is 2.10. The Morgan fingerprint density at radius 3 is 2.07 bits per heavy atom. The number of nitrogens with zero attached hydrogens (tertiary/aromatic N) is 1. The maximum absolute atomic E-state index is 11.9. The molecule has 0 fully saturated rings. The number of hydrogen-bond donors (Lipinski definition) is 2. The van der Waals surface area contributed by atoms with Crippen molar-refractivity contribution >= 4 is 16.0 Å². The van der Waals surface area contributed by atoms with Crippen molar-refractivity contribution in [2.24, 2.45) is 0 Å². The number of unbranched alkanes of at least 4 members (excludes halogenated alkanes) is 8. The van der Waals surface area contributed by atoms with Crippen LogP contribution in [0.4, 0.5) is 0 Å². The van der Waals surface area contributed by atoms with E-state index in [0.717, 1.165) is 19.3 Å². The molecule has 0 saturated carbocycles. The lowest BCUT2D eigenvalue weighted by Gasteiger charge is -2.32. The van der Waals surface area contributed by atoms with Crippen LogP contribution in [0.5, 0.6) is 0 Å². The van der Waals surface area contributed by atoms with E-state index in [0.29, 0.717) is 24.0 Å². The second kappa shape index (κ2) is 15.2. The average molecular weight is 423 g/mol. The SMILES string of the molecule is CCCCCCCCCCCC(=O)NCCC[N+](C)(C)CC(O)CS(=O)(=O)[O-]. The maximum atomic E-state index is 11.9. The lowest BCUT2D eigenvalue weighted by Crippen LogP contribution is -2.48. The summed E-state index contributed by atoms with van der Waals surface area (Å²) in [6.07, 6.45) is 11.2. The Kier molecular flexibility index (Phi) is 14.8. The standard InChI is InChI=1S/C20H42N2O5S/c1-4-5-6-7-8-9-10-11-12-14-20(24)21-15-13-16-22(2,3)17-19(23)18-28(25,26)27/h19,23H,4-18H2,1-3H3,(H-,21,24,25,26,27). The predicted molar refractivity (Wildman–Crippen MR) is 112 cm³/mol. The Balaban J connectivity index is 3.67. The molecule has 168 valence electrons. The minimum absolute atomic E-state index is 0.0748. The fraction of sp³-hybridized carbons (Fsp3) is 0.950. The molecule has 0 radical (unpaired) electrons. The molecule has 0 spiro atoms. The molecule has 8 heteroatoms. The van der Waals surface area contributed by atoms with Gasteiger partial charge in [-0.15, -0.1) is 0 Å². The number of nitrogens with one attached hydrogen (secondary N) is 1.